The molecule has 2 rings (SSSR count). The minimum atomic E-state index is -0.615. The van der Waals surface area contributed by atoms with Gasteiger partial charge in [0.25, 0.3) is 0 Å². The van der Waals surface area contributed by atoms with E-state index in [0.717, 1.165) is 22.3 Å². The molecule has 0 saturated carbocycles. The van der Waals surface area contributed by atoms with Crippen molar-refractivity contribution in [2.45, 2.75) is 10.8 Å². The molecule has 0 aliphatic rings. The van der Waals surface area contributed by atoms with Gasteiger partial charge in [0.15, 0.2) is 0 Å². The first-order chi connectivity index (χ1) is 9.65. The van der Waals surface area contributed by atoms with Gasteiger partial charge in [-0.05, 0) is 22.3 Å². The summed E-state index contributed by atoms with van der Waals surface area (Å²) in [5.41, 5.74) is 3.55. The summed E-state index contributed by atoms with van der Waals surface area (Å²) in [6.07, 6.45) is 1.40. The van der Waals surface area contributed by atoms with E-state index in [-0.39, 0.29) is 0 Å². The molecule has 0 saturated heterocycles. The van der Waals surface area contributed by atoms with E-state index in [1.54, 1.807) is 0 Å². The maximum atomic E-state index is 10.6. The van der Waals surface area contributed by atoms with Crippen LogP contribution in [0.15, 0.2) is 48.5 Å². The van der Waals surface area contributed by atoms with Gasteiger partial charge in [0, 0.05) is 0 Å². The lowest BCUT2D eigenvalue weighted by atomic mass is 10.0. The standard InChI is InChI=1S/C16H12Cl2O2/c17-15(9-19)13-5-1-11(2-6-13)12-3-7-14(8-4-12)16(18)10-20/h1-10,15-16H. The smallest absolute Gasteiger partial charge is 0.142 e. The third-order valence-corrected chi connectivity index (χ3v) is 3.74. The Morgan fingerprint density at radius 1 is 0.650 bits per heavy atom. The second-order valence-corrected chi connectivity index (χ2v) is 5.26. The van der Waals surface area contributed by atoms with E-state index in [0.29, 0.717) is 12.6 Å². The van der Waals surface area contributed by atoms with E-state index in [1.807, 2.05) is 48.5 Å². The molecule has 20 heavy (non-hydrogen) atoms. The van der Waals surface area contributed by atoms with Gasteiger partial charge in [0.05, 0.1) is 0 Å². The summed E-state index contributed by atoms with van der Waals surface area (Å²) >= 11 is 11.7. The molecule has 2 atom stereocenters. The molecule has 2 aromatic carbocycles. The molecule has 0 aromatic heterocycles. The van der Waals surface area contributed by atoms with Crippen LogP contribution in [-0.4, -0.2) is 12.6 Å². The van der Waals surface area contributed by atoms with Crippen LogP contribution >= 0.6 is 23.2 Å². The summed E-state index contributed by atoms with van der Waals surface area (Å²) in [6, 6.07) is 14.9. The predicted octanol–water partition coefficient (Wildman–Crippen LogP) is 4.31. The summed E-state index contributed by atoms with van der Waals surface area (Å²) in [5.74, 6) is 0. The number of hydrogen-bond acceptors (Lipinski definition) is 2. The van der Waals surface area contributed by atoms with E-state index in [1.165, 1.54) is 0 Å². The highest BCUT2D eigenvalue weighted by atomic mass is 35.5. The number of rotatable bonds is 5. The van der Waals surface area contributed by atoms with E-state index in [9.17, 15) is 9.59 Å². The third kappa shape index (κ3) is 3.27. The maximum Gasteiger partial charge on any atom is 0.142 e. The van der Waals surface area contributed by atoms with E-state index < -0.39 is 10.8 Å². The Labute approximate surface area is 127 Å². The van der Waals surface area contributed by atoms with Crippen molar-refractivity contribution in [3.8, 4) is 11.1 Å². The fourth-order valence-electron chi connectivity index (χ4n) is 1.88. The summed E-state index contributed by atoms with van der Waals surface area (Å²) in [5, 5.41) is -1.23. The Morgan fingerprint density at radius 3 is 1.20 bits per heavy atom. The van der Waals surface area contributed by atoms with Gasteiger partial charge in [-0.15, -0.1) is 23.2 Å². The lowest BCUT2D eigenvalue weighted by Gasteiger charge is -2.07. The van der Waals surface area contributed by atoms with Crippen LogP contribution in [0.25, 0.3) is 11.1 Å². The number of hydrogen-bond donors (Lipinski definition) is 0. The fourth-order valence-corrected chi connectivity index (χ4v) is 2.17. The second kappa shape index (κ2) is 6.69. The Kier molecular flexibility index (Phi) is 4.94. The molecule has 0 bridgehead atoms. The summed E-state index contributed by atoms with van der Waals surface area (Å²) in [6.45, 7) is 0. The van der Waals surface area contributed by atoms with Crippen molar-refractivity contribution in [2.24, 2.45) is 0 Å². The summed E-state index contributed by atoms with van der Waals surface area (Å²) < 4.78 is 0. The molecule has 0 aliphatic heterocycles. The van der Waals surface area contributed by atoms with Gasteiger partial charge in [-0.25, -0.2) is 0 Å². The van der Waals surface area contributed by atoms with Gasteiger partial charge in [0.1, 0.15) is 23.3 Å². The zero-order valence-corrected chi connectivity index (χ0v) is 12.0. The van der Waals surface area contributed by atoms with Crippen LogP contribution < -0.4 is 0 Å². The van der Waals surface area contributed by atoms with Crippen molar-refractivity contribution in [1.82, 2.24) is 0 Å². The van der Waals surface area contributed by atoms with E-state index in [4.69, 9.17) is 23.2 Å². The van der Waals surface area contributed by atoms with Crippen LogP contribution in [0.1, 0.15) is 21.9 Å². The molecule has 0 aliphatic carbocycles. The van der Waals surface area contributed by atoms with Crippen molar-refractivity contribution < 1.29 is 9.59 Å². The van der Waals surface area contributed by atoms with E-state index >= 15 is 0 Å². The Hall–Kier alpha value is -1.64. The zero-order chi connectivity index (χ0) is 14.5. The molecular formula is C16H12Cl2O2. The molecule has 0 spiro atoms. The molecular weight excluding hydrogens is 295 g/mol. The summed E-state index contributed by atoms with van der Waals surface area (Å²) in [4.78, 5) is 21.2. The maximum absolute atomic E-state index is 10.6. The highest BCUT2D eigenvalue weighted by Crippen LogP contribution is 2.26. The molecule has 2 aromatic rings. The Morgan fingerprint density at radius 2 is 0.950 bits per heavy atom. The number of alkyl halides is 2. The SMILES string of the molecule is O=CC(Cl)c1ccc(-c2ccc(C(Cl)C=O)cc2)cc1. The highest BCUT2D eigenvalue weighted by Gasteiger charge is 2.08. The van der Waals surface area contributed by atoms with Crippen LogP contribution in [0, 0.1) is 0 Å². The fraction of sp³-hybridized carbons (Fsp3) is 0.125. The molecule has 2 nitrogen and oxygen atoms in total. The average Bonchev–Trinajstić information content (AvgIpc) is 2.53. The largest absolute Gasteiger partial charge is 0.301 e. The first-order valence-electron chi connectivity index (χ1n) is 6.04. The first kappa shape index (κ1) is 14.8. The van der Waals surface area contributed by atoms with Crippen molar-refractivity contribution >= 4 is 35.8 Å². The number of carbonyl (C=O) groups is 2. The molecule has 102 valence electrons. The normalized spacial score (nSPS) is 13.5. The monoisotopic (exact) mass is 306 g/mol. The van der Waals surface area contributed by atoms with Crippen LogP contribution in [0.4, 0.5) is 0 Å². The predicted molar refractivity (Wildman–Crippen MR) is 81.2 cm³/mol. The Balaban J connectivity index is 2.23. The Bertz CT molecular complexity index is 535. The molecule has 0 N–H and O–H groups in total. The van der Waals surface area contributed by atoms with Crippen molar-refractivity contribution in [3.05, 3.63) is 59.7 Å². The quantitative estimate of drug-likeness (QED) is 0.609. The van der Waals surface area contributed by atoms with Crippen LogP contribution in [0.5, 0.6) is 0 Å². The average molecular weight is 307 g/mol. The number of aldehydes is 2. The minimum absolute atomic E-state index is 0.615. The number of carbonyl (C=O) groups excluding carboxylic acids is 2. The van der Waals surface area contributed by atoms with Crippen molar-refractivity contribution in [2.75, 3.05) is 0 Å². The lowest BCUT2D eigenvalue weighted by Crippen LogP contribution is -1.92. The van der Waals surface area contributed by atoms with Gasteiger partial charge in [-0.1, -0.05) is 48.5 Å². The molecule has 0 radical (unpaired) electrons. The molecule has 0 fully saturated rings. The number of halogens is 2. The van der Waals surface area contributed by atoms with Crippen LogP contribution in [-0.2, 0) is 9.59 Å². The number of benzene rings is 2. The molecule has 0 amide bonds. The van der Waals surface area contributed by atoms with Crippen molar-refractivity contribution in [1.29, 1.82) is 0 Å². The summed E-state index contributed by atoms with van der Waals surface area (Å²) in [7, 11) is 0. The van der Waals surface area contributed by atoms with Gasteiger partial charge in [-0.2, -0.15) is 0 Å². The highest BCUT2D eigenvalue weighted by molar-refractivity contribution is 6.28. The van der Waals surface area contributed by atoms with E-state index in [2.05, 4.69) is 0 Å². The first-order valence-corrected chi connectivity index (χ1v) is 6.92. The van der Waals surface area contributed by atoms with Gasteiger partial charge in [-0.3, -0.25) is 0 Å². The molecule has 0 heterocycles. The van der Waals surface area contributed by atoms with Crippen LogP contribution in [0.2, 0.25) is 0 Å². The molecule has 2 unspecified atom stereocenters. The van der Waals surface area contributed by atoms with Gasteiger partial charge in [0.2, 0.25) is 0 Å². The zero-order valence-electron chi connectivity index (χ0n) is 10.5. The molecule has 4 heteroatoms. The van der Waals surface area contributed by atoms with Gasteiger partial charge < -0.3 is 9.59 Å². The topological polar surface area (TPSA) is 34.1 Å². The van der Waals surface area contributed by atoms with Crippen LogP contribution in [0.3, 0.4) is 0 Å². The lowest BCUT2D eigenvalue weighted by molar-refractivity contribution is -0.108. The van der Waals surface area contributed by atoms with Crippen molar-refractivity contribution in [3.63, 3.8) is 0 Å². The second-order valence-electron chi connectivity index (χ2n) is 4.32. The third-order valence-electron chi connectivity index (χ3n) is 3.03. The van der Waals surface area contributed by atoms with Gasteiger partial charge >= 0.3 is 0 Å². The minimum Gasteiger partial charge on any atom is -0.301 e.